The molecule has 1 aliphatic carbocycles. The highest BCUT2D eigenvalue weighted by Gasteiger charge is 2.54. The first kappa shape index (κ1) is 10.3. The third-order valence-electron chi connectivity index (χ3n) is 4.48. The Morgan fingerprint density at radius 2 is 2.33 bits per heavy atom. The first-order chi connectivity index (χ1) is 8.78. The molecule has 5 nitrogen and oxygen atoms in total. The van der Waals surface area contributed by atoms with Crippen LogP contribution in [-0.2, 0) is 0 Å². The number of hydrogen-bond acceptors (Lipinski definition) is 4. The Balaban J connectivity index is 1.69. The van der Waals surface area contributed by atoms with Crippen LogP contribution in [0.2, 0.25) is 0 Å². The molecule has 0 radical (unpaired) electrons. The molecule has 4 rings (SSSR count). The van der Waals surface area contributed by atoms with Gasteiger partial charge in [-0.15, -0.1) is 0 Å². The quantitative estimate of drug-likeness (QED) is 0.830. The summed E-state index contributed by atoms with van der Waals surface area (Å²) in [4.78, 5) is 14.5. The summed E-state index contributed by atoms with van der Waals surface area (Å²) in [5, 5.41) is 4.57. The molecule has 0 bridgehead atoms. The molecule has 0 aromatic carbocycles. The second kappa shape index (κ2) is 3.45. The average Bonchev–Trinajstić information content (AvgIpc) is 2.85. The molecule has 1 spiro atoms. The van der Waals surface area contributed by atoms with Crippen LogP contribution >= 0.6 is 0 Å². The monoisotopic (exact) mass is 243 g/mol. The van der Waals surface area contributed by atoms with E-state index in [9.17, 15) is 0 Å². The maximum absolute atomic E-state index is 4.60. The molecule has 0 unspecified atom stereocenters. The van der Waals surface area contributed by atoms with Crippen LogP contribution in [0.3, 0.4) is 0 Å². The van der Waals surface area contributed by atoms with Crippen LogP contribution in [0.25, 0.3) is 11.0 Å². The van der Waals surface area contributed by atoms with E-state index in [4.69, 9.17) is 0 Å². The van der Waals surface area contributed by atoms with E-state index >= 15 is 0 Å². The molecule has 1 saturated heterocycles. The SMILES string of the molecule is CN(c1ncc2cc[nH]c2n1)[C@H]1CNCC12CC2. The Kier molecular flexibility index (Phi) is 1.97. The van der Waals surface area contributed by atoms with Crippen molar-refractivity contribution >= 4 is 17.0 Å². The summed E-state index contributed by atoms with van der Waals surface area (Å²) in [6.07, 6.45) is 6.47. The second-order valence-electron chi connectivity index (χ2n) is 5.57. The summed E-state index contributed by atoms with van der Waals surface area (Å²) in [7, 11) is 2.11. The number of nitrogens with one attached hydrogen (secondary N) is 2. The predicted octanol–water partition coefficient (Wildman–Crippen LogP) is 1.15. The van der Waals surface area contributed by atoms with Gasteiger partial charge in [0.1, 0.15) is 5.65 Å². The minimum atomic E-state index is 0.489. The van der Waals surface area contributed by atoms with Gasteiger partial charge in [0, 0.05) is 43.3 Å². The topological polar surface area (TPSA) is 56.8 Å². The minimum Gasteiger partial charge on any atom is -0.346 e. The maximum atomic E-state index is 4.60. The lowest BCUT2D eigenvalue weighted by molar-refractivity contribution is 0.474. The van der Waals surface area contributed by atoms with E-state index in [1.54, 1.807) is 0 Å². The first-order valence-corrected chi connectivity index (χ1v) is 6.52. The molecule has 5 heteroatoms. The molecule has 1 aliphatic heterocycles. The molecule has 1 saturated carbocycles. The fraction of sp³-hybridized carbons (Fsp3) is 0.538. The Labute approximate surface area is 106 Å². The molecular weight excluding hydrogens is 226 g/mol. The number of anilines is 1. The van der Waals surface area contributed by atoms with Crippen LogP contribution in [0.1, 0.15) is 12.8 Å². The molecule has 94 valence electrons. The van der Waals surface area contributed by atoms with Crippen molar-refractivity contribution in [1.29, 1.82) is 0 Å². The smallest absolute Gasteiger partial charge is 0.227 e. The summed E-state index contributed by atoms with van der Waals surface area (Å²) in [6.45, 7) is 2.19. The highest BCUT2D eigenvalue weighted by atomic mass is 15.3. The van der Waals surface area contributed by atoms with E-state index in [0.29, 0.717) is 11.5 Å². The second-order valence-corrected chi connectivity index (χ2v) is 5.57. The first-order valence-electron chi connectivity index (χ1n) is 6.52. The summed E-state index contributed by atoms with van der Waals surface area (Å²) in [5.74, 6) is 0.824. The molecule has 2 fully saturated rings. The third-order valence-corrected chi connectivity index (χ3v) is 4.48. The average molecular weight is 243 g/mol. The normalized spacial score (nSPS) is 24.8. The number of aromatic amines is 1. The van der Waals surface area contributed by atoms with Crippen molar-refractivity contribution in [3.63, 3.8) is 0 Å². The van der Waals surface area contributed by atoms with E-state index in [1.807, 2.05) is 18.5 Å². The van der Waals surface area contributed by atoms with Gasteiger partial charge in [-0.3, -0.25) is 0 Å². The van der Waals surface area contributed by atoms with Gasteiger partial charge in [0.15, 0.2) is 0 Å². The molecule has 1 atom stereocenters. The third kappa shape index (κ3) is 1.37. The van der Waals surface area contributed by atoms with E-state index < -0.39 is 0 Å². The maximum Gasteiger partial charge on any atom is 0.227 e. The zero-order valence-corrected chi connectivity index (χ0v) is 10.5. The van der Waals surface area contributed by atoms with Crippen molar-refractivity contribution < 1.29 is 0 Å². The molecule has 2 N–H and O–H groups in total. The molecular formula is C13H17N5. The number of rotatable bonds is 2. The van der Waals surface area contributed by atoms with Gasteiger partial charge < -0.3 is 15.2 Å². The standard InChI is InChI=1S/C13H17N5/c1-18(10-7-14-8-13(10)3-4-13)12-16-6-9-2-5-15-11(9)17-12/h2,5-6,10,14H,3-4,7-8H2,1H3,(H,15,16,17)/t10-/m0/s1. The van der Waals surface area contributed by atoms with Gasteiger partial charge in [0.05, 0.1) is 6.04 Å². The summed E-state index contributed by atoms with van der Waals surface area (Å²) >= 11 is 0. The van der Waals surface area contributed by atoms with Crippen molar-refractivity contribution in [2.24, 2.45) is 5.41 Å². The van der Waals surface area contributed by atoms with Crippen LogP contribution in [0.4, 0.5) is 5.95 Å². The Morgan fingerprint density at radius 3 is 3.17 bits per heavy atom. The van der Waals surface area contributed by atoms with E-state index in [-0.39, 0.29) is 0 Å². The summed E-state index contributed by atoms with van der Waals surface area (Å²) < 4.78 is 0. The van der Waals surface area contributed by atoms with E-state index in [0.717, 1.165) is 30.1 Å². The molecule has 0 amide bonds. The van der Waals surface area contributed by atoms with Crippen LogP contribution in [0.15, 0.2) is 18.5 Å². The van der Waals surface area contributed by atoms with Crippen molar-refractivity contribution in [3.05, 3.63) is 18.5 Å². The van der Waals surface area contributed by atoms with Crippen molar-refractivity contribution in [3.8, 4) is 0 Å². The van der Waals surface area contributed by atoms with Gasteiger partial charge >= 0.3 is 0 Å². The van der Waals surface area contributed by atoms with Gasteiger partial charge in [-0.2, -0.15) is 4.98 Å². The summed E-state index contributed by atoms with van der Waals surface area (Å²) in [6, 6.07) is 2.53. The zero-order valence-electron chi connectivity index (χ0n) is 10.5. The predicted molar refractivity (Wildman–Crippen MR) is 70.6 cm³/mol. The van der Waals surface area contributed by atoms with Crippen molar-refractivity contribution in [1.82, 2.24) is 20.3 Å². The number of fused-ring (bicyclic) bond motifs is 1. The number of nitrogens with zero attached hydrogens (tertiary/aromatic N) is 3. The summed E-state index contributed by atoms with van der Waals surface area (Å²) in [5.41, 5.74) is 1.41. The Morgan fingerprint density at radius 1 is 1.44 bits per heavy atom. The van der Waals surface area contributed by atoms with Crippen LogP contribution in [0, 0.1) is 5.41 Å². The van der Waals surface area contributed by atoms with Crippen LogP contribution < -0.4 is 10.2 Å². The van der Waals surface area contributed by atoms with Gasteiger partial charge in [-0.25, -0.2) is 4.98 Å². The molecule has 2 aromatic heterocycles. The fourth-order valence-electron chi connectivity index (χ4n) is 3.15. The van der Waals surface area contributed by atoms with Gasteiger partial charge in [0.2, 0.25) is 5.95 Å². The number of likely N-dealkylation sites (N-methyl/N-ethyl adjacent to an activating group) is 1. The lowest BCUT2D eigenvalue weighted by Crippen LogP contribution is -2.40. The Hall–Kier alpha value is -1.62. The van der Waals surface area contributed by atoms with E-state index in [2.05, 4.69) is 32.2 Å². The van der Waals surface area contributed by atoms with Gasteiger partial charge in [-0.1, -0.05) is 0 Å². The zero-order chi connectivity index (χ0) is 12.2. The van der Waals surface area contributed by atoms with Gasteiger partial charge in [0.25, 0.3) is 0 Å². The molecule has 2 aliphatic rings. The molecule has 2 aromatic rings. The fourth-order valence-corrected chi connectivity index (χ4v) is 3.15. The van der Waals surface area contributed by atoms with Crippen molar-refractivity contribution in [2.45, 2.75) is 18.9 Å². The van der Waals surface area contributed by atoms with Crippen LogP contribution in [0.5, 0.6) is 0 Å². The van der Waals surface area contributed by atoms with Crippen LogP contribution in [-0.4, -0.2) is 41.1 Å². The number of hydrogen-bond donors (Lipinski definition) is 2. The number of aromatic nitrogens is 3. The van der Waals surface area contributed by atoms with Crippen molar-refractivity contribution in [2.75, 3.05) is 25.0 Å². The number of H-pyrrole nitrogens is 1. The highest BCUT2D eigenvalue weighted by molar-refractivity contribution is 5.75. The van der Waals surface area contributed by atoms with Gasteiger partial charge in [-0.05, 0) is 18.9 Å². The lowest BCUT2D eigenvalue weighted by Gasteiger charge is -2.28. The van der Waals surface area contributed by atoms with E-state index in [1.165, 1.54) is 12.8 Å². The largest absolute Gasteiger partial charge is 0.346 e. The molecule has 3 heterocycles. The Bertz CT molecular complexity index is 586. The molecule has 18 heavy (non-hydrogen) atoms. The lowest BCUT2D eigenvalue weighted by atomic mass is 10.00. The minimum absolute atomic E-state index is 0.489. The highest BCUT2D eigenvalue weighted by Crippen LogP contribution is 2.52.